The molecule has 1 saturated heterocycles. The van der Waals surface area contributed by atoms with E-state index >= 15 is 0 Å². The Morgan fingerprint density at radius 1 is 1.16 bits per heavy atom. The smallest absolute Gasteiger partial charge is 0.263 e. The number of carbonyl (C=O) groups is 1. The van der Waals surface area contributed by atoms with Crippen molar-refractivity contribution in [2.45, 2.75) is 66.3 Å². The van der Waals surface area contributed by atoms with Crippen molar-refractivity contribution in [3.8, 4) is 11.3 Å². The van der Waals surface area contributed by atoms with Gasteiger partial charge in [-0.2, -0.15) is 0 Å². The molecule has 0 saturated carbocycles. The molecule has 0 unspecified atom stereocenters. The van der Waals surface area contributed by atoms with Gasteiger partial charge in [0.15, 0.2) is 0 Å². The molecule has 1 aliphatic heterocycles. The zero-order chi connectivity index (χ0) is 26.7. The van der Waals surface area contributed by atoms with Gasteiger partial charge in [-0.3, -0.25) is 4.79 Å². The maximum atomic E-state index is 12.7. The summed E-state index contributed by atoms with van der Waals surface area (Å²) in [5.41, 5.74) is 7.66. The normalized spacial score (nSPS) is 15.7. The van der Waals surface area contributed by atoms with E-state index < -0.39 is 0 Å². The summed E-state index contributed by atoms with van der Waals surface area (Å²) in [4.78, 5) is 29.4. The maximum Gasteiger partial charge on any atom is 0.263 e. The van der Waals surface area contributed by atoms with Crippen molar-refractivity contribution in [1.29, 1.82) is 0 Å². The van der Waals surface area contributed by atoms with Gasteiger partial charge in [0.2, 0.25) is 0 Å². The summed E-state index contributed by atoms with van der Waals surface area (Å²) in [7, 11) is 2.20. The van der Waals surface area contributed by atoms with Crippen molar-refractivity contribution in [3.05, 3.63) is 68.6 Å². The summed E-state index contributed by atoms with van der Waals surface area (Å²) in [5, 5.41) is 4.02. The highest BCUT2D eigenvalue weighted by atomic mass is 32.1. The van der Waals surface area contributed by atoms with Crippen molar-refractivity contribution < 1.29 is 4.79 Å². The molecule has 1 N–H and O–H groups in total. The van der Waals surface area contributed by atoms with Crippen molar-refractivity contribution >= 4 is 23.3 Å². The van der Waals surface area contributed by atoms with E-state index in [9.17, 15) is 4.79 Å². The third kappa shape index (κ3) is 6.51. The van der Waals surface area contributed by atoms with E-state index in [1.807, 2.05) is 0 Å². The molecular formula is C30H39N5OS. The largest absolute Gasteiger partial charge is 0.347 e. The van der Waals surface area contributed by atoms with Gasteiger partial charge in [0.1, 0.15) is 11.2 Å². The van der Waals surface area contributed by atoms with Gasteiger partial charge in [-0.05, 0) is 82.9 Å². The van der Waals surface area contributed by atoms with E-state index in [2.05, 4.69) is 98.0 Å². The summed E-state index contributed by atoms with van der Waals surface area (Å²) >= 11 is 1.46. The topological polar surface area (TPSA) is 71.0 Å². The summed E-state index contributed by atoms with van der Waals surface area (Å²) in [6, 6.07) is 6.32. The minimum atomic E-state index is -0.0838. The van der Waals surface area contributed by atoms with Crippen LogP contribution in [0.2, 0.25) is 0 Å². The zero-order valence-electron chi connectivity index (χ0n) is 23.2. The molecule has 3 heterocycles. The summed E-state index contributed by atoms with van der Waals surface area (Å²) < 4.78 is 0. The number of hydrogen-bond acceptors (Lipinski definition) is 6. The number of likely N-dealkylation sites (tertiary alicyclic amines) is 1. The number of nitrogens with zero attached hydrogens (tertiary/aromatic N) is 4. The monoisotopic (exact) mass is 517 g/mol. The first-order valence-corrected chi connectivity index (χ1v) is 13.9. The average Bonchev–Trinajstić information content (AvgIpc) is 3.36. The third-order valence-electron chi connectivity index (χ3n) is 7.28. The van der Waals surface area contributed by atoms with Gasteiger partial charge < -0.3 is 10.2 Å². The van der Waals surface area contributed by atoms with Crippen LogP contribution in [0.1, 0.15) is 77.6 Å². The lowest BCUT2D eigenvalue weighted by Gasteiger charge is -2.29. The van der Waals surface area contributed by atoms with Gasteiger partial charge in [-0.25, -0.2) is 15.0 Å². The lowest BCUT2D eigenvalue weighted by atomic mass is 9.89. The number of thiazole rings is 1. The molecule has 196 valence electrons. The van der Waals surface area contributed by atoms with Crippen LogP contribution in [-0.2, 0) is 12.0 Å². The quantitative estimate of drug-likeness (QED) is 0.422. The molecule has 3 aromatic rings. The first-order chi connectivity index (χ1) is 17.5. The highest BCUT2D eigenvalue weighted by Crippen LogP contribution is 2.29. The number of allylic oxidation sites excluding steroid dienone is 1. The van der Waals surface area contributed by atoms with Crippen molar-refractivity contribution in [1.82, 2.24) is 25.2 Å². The molecule has 37 heavy (non-hydrogen) atoms. The number of rotatable bonds is 6. The highest BCUT2D eigenvalue weighted by molar-refractivity contribution is 7.13. The van der Waals surface area contributed by atoms with Crippen LogP contribution in [0.5, 0.6) is 0 Å². The standard InChI is InChI=1S/C30H39N5OS/c1-19-14-23(8-9-24(19)16-31-28(36)26-17-32-29(37-26)30(4,5)6)27-21(3)25(33-18-34-27)15-20(2)22-10-12-35(7)13-11-22/h8-9,14-15,17-18,22H,10-13,16H2,1-7H3,(H,31,36)/b20-15+. The van der Waals surface area contributed by atoms with Crippen molar-refractivity contribution in [3.63, 3.8) is 0 Å². The van der Waals surface area contributed by atoms with Crippen LogP contribution in [0.4, 0.5) is 0 Å². The molecule has 6 nitrogen and oxygen atoms in total. The molecule has 1 aromatic carbocycles. The van der Waals surface area contributed by atoms with Gasteiger partial charge >= 0.3 is 0 Å². The van der Waals surface area contributed by atoms with Gasteiger partial charge in [0, 0.05) is 23.1 Å². The van der Waals surface area contributed by atoms with E-state index in [1.54, 1.807) is 12.5 Å². The van der Waals surface area contributed by atoms with Crippen LogP contribution >= 0.6 is 11.3 Å². The Kier molecular flexibility index (Phi) is 8.24. The molecule has 1 fully saturated rings. The average molecular weight is 518 g/mol. The second-order valence-electron chi connectivity index (χ2n) is 11.3. The van der Waals surface area contributed by atoms with Crippen LogP contribution in [0.15, 0.2) is 36.3 Å². The zero-order valence-corrected chi connectivity index (χ0v) is 24.0. The molecule has 0 bridgehead atoms. The maximum absolute atomic E-state index is 12.7. The van der Waals surface area contributed by atoms with Gasteiger partial charge in [0.25, 0.3) is 5.91 Å². The molecule has 4 rings (SSSR count). The first kappa shape index (κ1) is 27.1. The van der Waals surface area contributed by atoms with Crippen LogP contribution in [0, 0.1) is 19.8 Å². The van der Waals surface area contributed by atoms with Gasteiger partial charge in [0.05, 0.1) is 22.6 Å². The molecule has 1 aliphatic rings. The van der Waals surface area contributed by atoms with E-state index in [0.29, 0.717) is 17.3 Å². The molecule has 0 radical (unpaired) electrons. The Morgan fingerprint density at radius 3 is 2.54 bits per heavy atom. The van der Waals surface area contributed by atoms with Crippen LogP contribution in [0.3, 0.4) is 0 Å². The van der Waals surface area contributed by atoms with E-state index in [-0.39, 0.29) is 11.3 Å². The Bertz CT molecular complexity index is 1300. The number of aryl methyl sites for hydroxylation is 1. The van der Waals surface area contributed by atoms with Crippen molar-refractivity contribution in [2.75, 3.05) is 20.1 Å². The number of aromatic nitrogens is 3. The molecule has 1 amide bonds. The molecule has 0 aliphatic carbocycles. The predicted molar refractivity (Wildman–Crippen MR) is 153 cm³/mol. The Balaban J connectivity index is 1.46. The van der Waals surface area contributed by atoms with Crippen molar-refractivity contribution in [2.24, 2.45) is 5.92 Å². The fraction of sp³-hybridized carbons (Fsp3) is 0.467. The summed E-state index contributed by atoms with van der Waals surface area (Å²) in [5.74, 6) is 0.537. The van der Waals surface area contributed by atoms with Gasteiger partial charge in [-0.1, -0.05) is 38.5 Å². The van der Waals surface area contributed by atoms with Gasteiger partial charge in [-0.15, -0.1) is 11.3 Å². The van der Waals surface area contributed by atoms with Crippen LogP contribution in [-0.4, -0.2) is 45.9 Å². The predicted octanol–water partition coefficient (Wildman–Crippen LogP) is 6.19. The minimum absolute atomic E-state index is 0.0595. The molecule has 7 heteroatoms. The molecule has 2 aromatic heterocycles. The summed E-state index contributed by atoms with van der Waals surface area (Å²) in [6.07, 6.45) is 7.99. The summed E-state index contributed by atoms with van der Waals surface area (Å²) in [6.45, 7) is 15.5. The minimum Gasteiger partial charge on any atom is -0.347 e. The fourth-order valence-electron chi connectivity index (χ4n) is 4.73. The molecular weight excluding hydrogens is 478 g/mol. The SMILES string of the molecule is C/C(=C\c1ncnc(-c2ccc(CNC(=O)c3cnc(C(C)(C)C)s3)c(C)c2)c1C)C1CCN(C)CC1. The number of piperidine rings is 1. The second kappa shape index (κ2) is 11.2. The Labute approximate surface area is 225 Å². The highest BCUT2D eigenvalue weighted by Gasteiger charge is 2.21. The molecule has 0 spiro atoms. The number of benzene rings is 1. The fourth-order valence-corrected chi connectivity index (χ4v) is 5.62. The number of nitrogens with one attached hydrogen (secondary N) is 1. The van der Waals surface area contributed by atoms with Crippen LogP contribution < -0.4 is 5.32 Å². The van der Waals surface area contributed by atoms with E-state index in [4.69, 9.17) is 0 Å². The lowest BCUT2D eigenvalue weighted by Crippen LogP contribution is -2.30. The third-order valence-corrected chi connectivity index (χ3v) is 8.70. The second-order valence-corrected chi connectivity index (χ2v) is 12.3. The molecule has 0 atom stereocenters. The van der Waals surface area contributed by atoms with E-state index in [1.165, 1.54) is 29.8 Å². The van der Waals surface area contributed by atoms with Crippen LogP contribution in [0.25, 0.3) is 17.3 Å². The number of carbonyl (C=O) groups excluding carboxylic acids is 1. The number of amides is 1. The Morgan fingerprint density at radius 2 is 1.89 bits per heavy atom. The lowest BCUT2D eigenvalue weighted by molar-refractivity contribution is 0.0954. The number of hydrogen-bond donors (Lipinski definition) is 1. The first-order valence-electron chi connectivity index (χ1n) is 13.1. The van der Waals surface area contributed by atoms with E-state index in [0.717, 1.165) is 51.7 Å². The Hall–Kier alpha value is -2.90.